The third kappa shape index (κ3) is 3.82. The van der Waals surface area contributed by atoms with E-state index in [4.69, 9.17) is 11.6 Å². The van der Waals surface area contributed by atoms with Gasteiger partial charge in [-0.3, -0.25) is 14.6 Å². The van der Waals surface area contributed by atoms with Crippen molar-refractivity contribution >= 4 is 34.1 Å². The molecule has 0 aliphatic carbocycles. The number of aromatic nitrogens is 2. The molecule has 0 radical (unpaired) electrons. The van der Waals surface area contributed by atoms with E-state index in [1.807, 2.05) is 31.2 Å². The standard InChI is InChI=1S/C23H17ClFN3O2/c1-14-12-21(15-6-2-3-10-20(15)26-14)27-22(29)16-7-5-11-28(23(16)30)13-17-18(24)8-4-9-19(17)25/h2-12H,13H2,1H3,(H,26,27,29). The van der Waals surface area contributed by atoms with Gasteiger partial charge in [0, 0.05) is 27.9 Å². The third-order valence-corrected chi connectivity index (χ3v) is 5.10. The maximum Gasteiger partial charge on any atom is 0.263 e. The van der Waals surface area contributed by atoms with Crippen LogP contribution < -0.4 is 10.9 Å². The number of amides is 1. The topological polar surface area (TPSA) is 64.0 Å². The molecule has 1 amide bonds. The summed E-state index contributed by atoms with van der Waals surface area (Å²) < 4.78 is 15.4. The fourth-order valence-electron chi connectivity index (χ4n) is 3.29. The fraction of sp³-hybridized carbons (Fsp3) is 0.0870. The lowest BCUT2D eigenvalue weighted by molar-refractivity contribution is 0.102. The highest BCUT2D eigenvalue weighted by atomic mass is 35.5. The average molecular weight is 422 g/mol. The van der Waals surface area contributed by atoms with Gasteiger partial charge in [-0.1, -0.05) is 35.9 Å². The van der Waals surface area contributed by atoms with E-state index in [0.717, 1.165) is 16.6 Å². The van der Waals surface area contributed by atoms with E-state index in [1.165, 1.54) is 29.0 Å². The summed E-state index contributed by atoms with van der Waals surface area (Å²) in [5, 5.41) is 3.79. The van der Waals surface area contributed by atoms with Crippen LogP contribution in [0.4, 0.5) is 10.1 Å². The summed E-state index contributed by atoms with van der Waals surface area (Å²) in [6.45, 7) is 1.75. The molecule has 150 valence electrons. The molecular weight excluding hydrogens is 405 g/mol. The summed E-state index contributed by atoms with van der Waals surface area (Å²) in [5.74, 6) is -1.06. The number of anilines is 1. The van der Waals surface area contributed by atoms with Crippen LogP contribution in [0, 0.1) is 12.7 Å². The van der Waals surface area contributed by atoms with Crippen LogP contribution in [0.2, 0.25) is 5.02 Å². The van der Waals surface area contributed by atoms with E-state index in [2.05, 4.69) is 10.3 Å². The number of rotatable bonds is 4. The number of halogens is 2. The molecule has 2 heterocycles. The van der Waals surface area contributed by atoms with E-state index >= 15 is 0 Å². The van der Waals surface area contributed by atoms with Gasteiger partial charge in [0.05, 0.1) is 17.7 Å². The van der Waals surface area contributed by atoms with Crippen molar-refractivity contribution < 1.29 is 9.18 Å². The number of nitrogens with zero attached hydrogens (tertiary/aromatic N) is 2. The maximum atomic E-state index is 14.1. The van der Waals surface area contributed by atoms with Crippen molar-refractivity contribution in [2.45, 2.75) is 13.5 Å². The number of pyridine rings is 2. The van der Waals surface area contributed by atoms with Crippen LogP contribution in [0.15, 0.2) is 71.7 Å². The van der Waals surface area contributed by atoms with Crippen molar-refractivity contribution in [3.8, 4) is 0 Å². The lowest BCUT2D eigenvalue weighted by Gasteiger charge is -2.12. The zero-order chi connectivity index (χ0) is 21.3. The van der Waals surface area contributed by atoms with Gasteiger partial charge in [-0.25, -0.2) is 4.39 Å². The van der Waals surface area contributed by atoms with Crippen molar-refractivity contribution in [3.63, 3.8) is 0 Å². The van der Waals surface area contributed by atoms with Gasteiger partial charge in [0.1, 0.15) is 11.4 Å². The number of carbonyl (C=O) groups is 1. The Morgan fingerprint density at radius 3 is 2.73 bits per heavy atom. The highest BCUT2D eigenvalue weighted by Gasteiger charge is 2.16. The fourth-order valence-corrected chi connectivity index (χ4v) is 3.51. The summed E-state index contributed by atoms with van der Waals surface area (Å²) in [4.78, 5) is 30.2. The van der Waals surface area contributed by atoms with Crippen molar-refractivity contribution in [1.29, 1.82) is 0 Å². The van der Waals surface area contributed by atoms with Crippen LogP contribution in [-0.2, 0) is 6.54 Å². The summed E-state index contributed by atoms with van der Waals surface area (Å²) >= 11 is 6.07. The van der Waals surface area contributed by atoms with E-state index in [1.54, 1.807) is 18.2 Å². The minimum Gasteiger partial charge on any atom is -0.321 e. The molecule has 0 bridgehead atoms. The highest BCUT2D eigenvalue weighted by Crippen LogP contribution is 2.23. The Bertz CT molecular complexity index is 1310. The average Bonchev–Trinajstić information content (AvgIpc) is 2.71. The van der Waals surface area contributed by atoms with E-state index < -0.39 is 17.3 Å². The second kappa shape index (κ2) is 8.08. The summed E-state index contributed by atoms with van der Waals surface area (Å²) in [6.07, 6.45) is 1.49. The van der Waals surface area contributed by atoms with Crippen molar-refractivity contribution in [2.75, 3.05) is 5.32 Å². The van der Waals surface area contributed by atoms with Gasteiger partial charge in [-0.05, 0) is 43.3 Å². The van der Waals surface area contributed by atoms with Crippen LogP contribution in [-0.4, -0.2) is 15.5 Å². The number of hydrogen-bond acceptors (Lipinski definition) is 3. The predicted octanol–water partition coefficient (Wildman–Crippen LogP) is 4.80. The SMILES string of the molecule is Cc1cc(NC(=O)c2cccn(Cc3c(F)cccc3Cl)c2=O)c2ccccc2n1. The molecule has 0 atom stereocenters. The number of benzene rings is 2. The number of fused-ring (bicyclic) bond motifs is 1. The van der Waals surface area contributed by atoms with Crippen LogP contribution in [0.5, 0.6) is 0 Å². The van der Waals surface area contributed by atoms with Crippen LogP contribution >= 0.6 is 11.6 Å². The summed E-state index contributed by atoms with van der Waals surface area (Å²) in [6, 6.07) is 16.5. The smallest absolute Gasteiger partial charge is 0.263 e. The predicted molar refractivity (Wildman–Crippen MR) is 116 cm³/mol. The Morgan fingerprint density at radius 1 is 1.13 bits per heavy atom. The molecule has 2 aromatic carbocycles. The monoisotopic (exact) mass is 421 g/mol. The molecule has 5 nitrogen and oxygen atoms in total. The molecule has 1 N–H and O–H groups in total. The third-order valence-electron chi connectivity index (χ3n) is 4.75. The molecule has 0 unspecified atom stereocenters. The highest BCUT2D eigenvalue weighted by molar-refractivity contribution is 6.31. The quantitative estimate of drug-likeness (QED) is 0.515. The van der Waals surface area contributed by atoms with Crippen molar-refractivity contribution in [2.24, 2.45) is 0 Å². The number of para-hydroxylation sites is 1. The zero-order valence-corrected chi connectivity index (χ0v) is 16.8. The molecule has 4 rings (SSSR count). The minimum atomic E-state index is -0.551. The molecule has 0 spiro atoms. The van der Waals surface area contributed by atoms with Crippen molar-refractivity contribution in [1.82, 2.24) is 9.55 Å². The van der Waals surface area contributed by atoms with Crippen molar-refractivity contribution in [3.05, 3.63) is 105 Å². The molecule has 0 fully saturated rings. The van der Waals surface area contributed by atoms with Gasteiger partial charge < -0.3 is 9.88 Å². The summed E-state index contributed by atoms with van der Waals surface area (Å²) in [5.41, 5.74) is 1.65. The lowest BCUT2D eigenvalue weighted by atomic mass is 10.1. The second-order valence-electron chi connectivity index (χ2n) is 6.84. The maximum absolute atomic E-state index is 14.1. The molecular formula is C23H17ClFN3O2. The Hall–Kier alpha value is -3.51. The zero-order valence-electron chi connectivity index (χ0n) is 16.0. The number of hydrogen-bond donors (Lipinski definition) is 1. The first-order chi connectivity index (χ1) is 14.4. The molecule has 2 aromatic heterocycles. The lowest BCUT2D eigenvalue weighted by Crippen LogP contribution is -2.29. The van der Waals surface area contributed by atoms with Gasteiger partial charge in [0.15, 0.2) is 0 Å². The van der Waals surface area contributed by atoms with Gasteiger partial charge in [0.25, 0.3) is 11.5 Å². The molecule has 7 heteroatoms. The number of nitrogens with one attached hydrogen (secondary N) is 1. The van der Waals surface area contributed by atoms with Gasteiger partial charge >= 0.3 is 0 Å². The molecule has 0 aliphatic heterocycles. The van der Waals surface area contributed by atoms with E-state index in [9.17, 15) is 14.0 Å². The Morgan fingerprint density at radius 2 is 1.93 bits per heavy atom. The van der Waals surface area contributed by atoms with Gasteiger partial charge in [-0.2, -0.15) is 0 Å². The Labute approximate surface area is 176 Å². The first-order valence-electron chi connectivity index (χ1n) is 9.24. The largest absolute Gasteiger partial charge is 0.321 e. The molecule has 0 saturated carbocycles. The number of carbonyl (C=O) groups excluding carboxylic acids is 1. The Balaban J connectivity index is 1.68. The number of aryl methyl sites for hydroxylation is 1. The second-order valence-corrected chi connectivity index (χ2v) is 7.24. The normalized spacial score (nSPS) is 10.9. The van der Waals surface area contributed by atoms with Gasteiger partial charge in [-0.15, -0.1) is 0 Å². The van der Waals surface area contributed by atoms with Crippen LogP contribution in [0.1, 0.15) is 21.6 Å². The molecule has 30 heavy (non-hydrogen) atoms. The first kappa shape index (κ1) is 19.8. The summed E-state index contributed by atoms with van der Waals surface area (Å²) in [7, 11) is 0. The minimum absolute atomic E-state index is 0.0523. The van der Waals surface area contributed by atoms with Crippen LogP contribution in [0.3, 0.4) is 0 Å². The molecule has 4 aromatic rings. The molecule has 0 aliphatic rings. The van der Waals surface area contributed by atoms with E-state index in [-0.39, 0.29) is 22.7 Å². The van der Waals surface area contributed by atoms with Gasteiger partial charge in [0.2, 0.25) is 0 Å². The first-order valence-corrected chi connectivity index (χ1v) is 9.62. The van der Waals surface area contributed by atoms with Crippen LogP contribution in [0.25, 0.3) is 10.9 Å². The Kier molecular flexibility index (Phi) is 5.33. The molecule has 0 saturated heterocycles. The van der Waals surface area contributed by atoms with E-state index in [0.29, 0.717) is 5.69 Å².